The molecule has 0 aromatic heterocycles. The number of thiocarbonyl (C=S) groups is 1. The molecule has 0 amide bonds. The summed E-state index contributed by atoms with van der Waals surface area (Å²) in [7, 11) is 0. The molecular formula is C22H24N2O3S. The van der Waals surface area contributed by atoms with Crippen LogP contribution in [0.5, 0.6) is 5.75 Å². The van der Waals surface area contributed by atoms with Gasteiger partial charge in [0.2, 0.25) is 0 Å². The van der Waals surface area contributed by atoms with Crippen LogP contribution in [0.1, 0.15) is 37.4 Å². The molecular weight excluding hydrogens is 372 g/mol. The molecule has 1 aliphatic heterocycles. The molecule has 0 spiro atoms. The molecule has 146 valence electrons. The van der Waals surface area contributed by atoms with Crippen molar-refractivity contribution in [2.75, 3.05) is 6.61 Å². The average molecular weight is 397 g/mol. The fourth-order valence-corrected chi connectivity index (χ4v) is 3.26. The third-order valence-corrected chi connectivity index (χ3v) is 4.61. The van der Waals surface area contributed by atoms with Crippen molar-refractivity contribution in [2.24, 2.45) is 0 Å². The SMILES string of the molecule is CCCOc1ccc([C@@H]2NC(=S)NC(C)=C2C(=O)OCc2ccccc2)cc1. The highest BCUT2D eigenvalue weighted by atomic mass is 32.1. The molecule has 0 saturated heterocycles. The third kappa shape index (κ3) is 4.89. The molecule has 6 heteroatoms. The van der Waals surface area contributed by atoms with Crippen LogP contribution in [0.3, 0.4) is 0 Å². The first kappa shape index (κ1) is 19.9. The van der Waals surface area contributed by atoms with Gasteiger partial charge in [-0.25, -0.2) is 4.79 Å². The smallest absolute Gasteiger partial charge is 0.338 e. The van der Waals surface area contributed by atoms with Crippen molar-refractivity contribution in [3.8, 4) is 5.75 Å². The summed E-state index contributed by atoms with van der Waals surface area (Å²) in [6.45, 7) is 4.79. The Labute approximate surface area is 170 Å². The van der Waals surface area contributed by atoms with Gasteiger partial charge < -0.3 is 20.1 Å². The molecule has 0 bridgehead atoms. The van der Waals surface area contributed by atoms with Crippen LogP contribution in [0.2, 0.25) is 0 Å². The molecule has 2 N–H and O–H groups in total. The summed E-state index contributed by atoms with van der Waals surface area (Å²) < 4.78 is 11.2. The topological polar surface area (TPSA) is 59.6 Å². The summed E-state index contributed by atoms with van der Waals surface area (Å²) in [6.07, 6.45) is 0.950. The first-order chi connectivity index (χ1) is 13.6. The normalized spacial score (nSPS) is 16.2. The molecule has 28 heavy (non-hydrogen) atoms. The molecule has 0 unspecified atom stereocenters. The molecule has 5 nitrogen and oxygen atoms in total. The van der Waals surface area contributed by atoms with E-state index in [2.05, 4.69) is 17.6 Å². The van der Waals surface area contributed by atoms with Crippen molar-refractivity contribution in [3.05, 3.63) is 77.0 Å². The predicted molar refractivity (Wildman–Crippen MR) is 113 cm³/mol. The van der Waals surface area contributed by atoms with Gasteiger partial charge in [-0.2, -0.15) is 0 Å². The zero-order chi connectivity index (χ0) is 19.9. The van der Waals surface area contributed by atoms with Crippen LogP contribution in [-0.4, -0.2) is 17.7 Å². The van der Waals surface area contributed by atoms with Gasteiger partial charge in [-0.3, -0.25) is 0 Å². The van der Waals surface area contributed by atoms with E-state index in [0.29, 0.717) is 23.0 Å². The number of nitrogens with one attached hydrogen (secondary N) is 2. The Morgan fingerprint density at radius 3 is 2.50 bits per heavy atom. The van der Waals surface area contributed by atoms with Crippen LogP contribution in [0.25, 0.3) is 0 Å². The van der Waals surface area contributed by atoms with Gasteiger partial charge in [-0.15, -0.1) is 0 Å². The fraction of sp³-hybridized carbons (Fsp3) is 0.273. The highest BCUT2D eigenvalue weighted by molar-refractivity contribution is 7.80. The molecule has 1 atom stereocenters. The number of esters is 1. The van der Waals surface area contributed by atoms with Crippen LogP contribution in [0.15, 0.2) is 65.9 Å². The summed E-state index contributed by atoms with van der Waals surface area (Å²) in [6, 6.07) is 16.9. The Bertz CT molecular complexity index is 863. The summed E-state index contributed by atoms with van der Waals surface area (Å²) in [5, 5.41) is 6.68. The summed E-state index contributed by atoms with van der Waals surface area (Å²) >= 11 is 5.29. The van der Waals surface area contributed by atoms with Gasteiger partial charge in [-0.1, -0.05) is 49.4 Å². The Hall–Kier alpha value is -2.86. The molecule has 1 aliphatic rings. The lowest BCUT2D eigenvalue weighted by atomic mass is 9.95. The van der Waals surface area contributed by atoms with E-state index in [1.54, 1.807) is 0 Å². The Morgan fingerprint density at radius 1 is 1.11 bits per heavy atom. The largest absolute Gasteiger partial charge is 0.494 e. The van der Waals surface area contributed by atoms with E-state index < -0.39 is 0 Å². The lowest BCUT2D eigenvalue weighted by Crippen LogP contribution is -2.45. The lowest BCUT2D eigenvalue weighted by Gasteiger charge is -2.30. The summed E-state index contributed by atoms with van der Waals surface area (Å²) in [4.78, 5) is 12.9. The van der Waals surface area contributed by atoms with Crippen molar-refractivity contribution in [1.29, 1.82) is 0 Å². The third-order valence-electron chi connectivity index (χ3n) is 4.39. The summed E-state index contributed by atoms with van der Waals surface area (Å²) in [5.74, 6) is 0.427. The number of allylic oxidation sites excluding steroid dienone is 1. The number of rotatable bonds is 7. The van der Waals surface area contributed by atoms with Crippen molar-refractivity contribution in [3.63, 3.8) is 0 Å². The Morgan fingerprint density at radius 2 is 1.82 bits per heavy atom. The van der Waals surface area contributed by atoms with E-state index in [1.165, 1.54) is 0 Å². The van der Waals surface area contributed by atoms with Gasteiger partial charge in [0.1, 0.15) is 12.4 Å². The van der Waals surface area contributed by atoms with E-state index in [-0.39, 0.29) is 18.6 Å². The molecule has 0 saturated carbocycles. The monoisotopic (exact) mass is 396 g/mol. The maximum Gasteiger partial charge on any atom is 0.338 e. The number of hydrogen-bond donors (Lipinski definition) is 2. The first-order valence-electron chi connectivity index (χ1n) is 9.30. The minimum Gasteiger partial charge on any atom is -0.494 e. The standard InChI is InChI=1S/C22H24N2O3S/c1-3-13-26-18-11-9-17(10-12-18)20-19(15(2)23-22(28)24-20)21(25)27-14-16-7-5-4-6-8-16/h4-12,20H,3,13-14H2,1-2H3,(H2,23,24,28)/t20-/m0/s1. The molecule has 3 rings (SSSR count). The van der Waals surface area contributed by atoms with E-state index in [4.69, 9.17) is 21.7 Å². The van der Waals surface area contributed by atoms with Crippen LogP contribution >= 0.6 is 12.2 Å². The lowest BCUT2D eigenvalue weighted by molar-refractivity contribution is -0.140. The van der Waals surface area contributed by atoms with E-state index in [0.717, 1.165) is 23.3 Å². The second-order valence-electron chi connectivity index (χ2n) is 6.55. The van der Waals surface area contributed by atoms with Crippen LogP contribution < -0.4 is 15.4 Å². The second-order valence-corrected chi connectivity index (χ2v) is 6.96. The van der Waals surface area contributed by atoms with E-state index >= 15 is 0 Å². The Kier molecular flexibility index (Phi) is 6.66. The molecule has 0 aliphatic carbocycles. The maximum absolute atomic E-state index is 12.9. The van der Waals surface area contributed by atoms with Gasteiger partial charge >= 0.3 is 5.97 Å². The quantitative estimate of drug-likeness (QED) is 0.545. The molecule has 2 aromatic carbocycles. The van der Waals surface area contributed by atoms with Crippen molar-refractivity contribution < 1.29 is 14.3 Å². The van der Waals surface area contributed by atoms with Crippen LogP contribution in [-0.2, 0) is 16.1 Å². The van der Waals surface area contributed by atoms with Gasteiger partial charge in [0.05, 0.1) is 18.2 Å². The number of ether oxygens (including phenoxy) is 2. The first-order valence-corrected chi connectivity index (χ1v) is 9.71. The zero-order valence-electron chi connectivity index (χ0n) is 16.0. The average Bonchev–Trinajstić information content (AvgIpc) is 2.71. The van der Waals surface area contributed by atoms with Gasteiger partial charge in [0.15, 0.2) is 5.11 Å². The fourth-order valence-electron chi connectivity index (χ4n) is 2.99. The second kappa shape index (κ2) is 9.37. The minimum absolute atomic E-state index is 0.220. The van der Waals surface area contributed by atoms with Gasteiger partial charge in [0, 0.05) is 5.70 Å². The minimum atomic E-state index is -0.378. The molecule has 2 aromatic rings. The Balaban J connectivity index is 1.79. The molecule has 0 fully saturated rings. The molecule has 1 heterocycles. The van der Waals surface area contributed by atoms with E-state index in [9.17, 15) is 4.79 Å². The number of carbonyl (C=O) groups excluding carboxylic acids is 1. The van der Waals surface area contributed by atoms with Crippen molar-refractivity contribution >= 4 is 23.3 Å². The zero-order valence-corrected chi connectivity index (χ0v) is 16.8. The van der Waals surface area contributed by atoms with Crippen LogP contribution in [0.4, 0.5) is 0 Å². The molecule has 0 radical (unpaired) electrons. The van der Waals surface area contributed by atoms with Gasteiger partial charge in [0.25, 0.3) is 0 Å². The number of benzene rings is 2. The van der Waals surface area contributed by atoms with Crippen molar-refractivity contribution in [2.45, 2.75) is 32.9 Å². The highest BCUT2D eigenvalue weighted by Gasteiger charge is 2.31. The highest BCUT2D eigenvalue weighted by Crippen LogP contribution is 2.29. The summed E-state index contributed by atoms with van der Waals surface area (Å²) in [5.41, 5.74) is 3.07. The predicted octanol–water partition coefficient (Wildman–Crippen LogP) is 4.01. The van der Waals surface area contributed by atoms with E-state index in [1.807, 2.05) is 61.5 Å². The maximum atomic E-state index is 12.9. The van der Waals surface area contributed by atoms with Gasteiger partial charge in [-0.05, 0) is 48.8 Å². The number of carbonyl (C=O) groups is 1. The van der Waals surface area contributed by atoms with Crippen molar-refractivity contribution in [1.82, 2.24) is 10.6 Å². The number of hydrogen-bond acceptors (Lipinski definition) is 4. The van der Waals surface area contributed by atoms with Crippen LogP contribution in [0, 0.1) is 0 Å².